The number of aliphatic hydroxyl groups excluding tert-OH is 1. The van der Waals surface area contributed by atoms with Crippen molar-refractivity contribution in [3.8, 4) is 0 Å². The number of hydrogen-bond donors (Lipinski definition) is 2. The van der Waals surface area contributed by atoms with Crippen LogP contribution in [0.25, 0.3) is 0 Å². The largest absolute Gasteiger partial charge is 0.481 e. The molecule has 0 aliphatic heterocycles. The number of aliphatic hydroxyl groups is 1. The highest BCUT2D eigenvalue weighted by Gasteiger charge is 2.25. The lowest BCUT2D eigenvalue weighted by Crippen LogP contribution is -2.21. The monoisotopic (exact) mass is 214 g/mol. The molecule has 0 atom stereocenters. The van der Waals surface area contributed by atoms with Crippen molar-refractivity contribution in [3.05, 3.63) is 0 Å². The molecule has 1 aliphatic rings. The molecule has 88 valence electrons. The minimum Gasteiger partial charge on any atom is -0.481 e. The summed E-state index contributed by atoms with van der Waals surface area (Å²) in [6.45, 7) is 0.297. The third-order valence-corrected chi connectivity index (χ3v) is 3.47. The normalized spacial score (nSPS) is 26.5. The van der Waals surface area contributed by atoms with Crippen LogP contribution in [0, 0.1) is 11.8 Å². The van der Waals surface area contributed by atoms with E-state index in [1.807, 2.05) is 0 Å². The van der Waals surface area contributed by atoms with Gasteiger partial charge in [0.05, 0.1) is 5.92 Å². The summed E-state index contributed by atoms with van der Waals surface area (Å²) >= 11 is 0. The average Bonchev–Trinajstić information content (AvgIpc) is 2.25. The first kappa shape index (κ1) is 12.5. The smallest absolute Gasteiger partial charge is 0.306 e. The molecule has 2 N–H and O–H groups in total. The molecule has 0 radical (unpaired) electrons. The molecule has 0 spiro atoms. The second-order valence-corrected chi connectivity index (χ2v) is 4.63. The van der Waals surface area contributed by atoms with E-state index >= 15 is 0 Å². The summed E-state index contributed by atoms with van der Waals surface area (Å²) in [5.74, 6) is 0.0340. The Labute approximate surface area is 91.5 Å². The van der Waals surface area contributed by atoms with Crippen LogP contribution in [0.4, 0.5) is 0 Å². The summed E-state index contributed by atoms with van der Waals surface area (Å²) < 4.78 is 0. The first-order valence-electron chi connectivity index (χ1n) is 6.07. The second-order valence-electron chi connectivity index (χ2n) is 4.63. The predicted molar refractivity (Wildman–Crippen MR) is 58.6 cm³/mol. The maximum Gasteiger partial charge on any atom is 0.306 e. The summed E-state index contributed by atoms with van der Waals surface area (Å²) in [5.41, 5.74) is 0. The Balaban J connectivity index is 2.07. The van der Waals surface area contributed by atoms with Crippen LogP contribution in [0.15, 0.2) is 0 Å². The van der Waals surface area contributed by atoms with Gasteiger partial charge in [0.25, 0.3) is 0 Å². The van der Waals surface area contributed by atoms with Crippen molar-refractivity contribution in [1.29, 1.82) is 0 Å². The van der Waals surface area contributed by atoms with Crippen LogP contribution in [-0.4, -0.2) is 22.8 Å². The number of carbonyl (C=O) groups is 1. The van der Waals surface area contributed by atoms with Crippen LogP contribution >= 0.6 is 0 Å². The summed E-state index contributed by atoms with van der Waals surface area (Å²) in [4.78, 5) is 10.7. The van der Waals surface area contributed by atoms with E-state index < -0.39 is 5.97 Å². The van der Waals surface area contributed by atoms with Crippen LogP contribution in [0.3, 0.4) is 0 Å². The SMILES string of the molecule is O=C(O)C1CCC(CCCCCO)CC1. The minimum atomic E-state index is -0.617. The number of rotatable bonds is 6. The molecule has 0 aromatic carbocycles. The zero-order valence-corrected chi connectivity index (χ0v) is 9.32. The fraction of sp³-hybridized carbons (Fsp3) is 0.917. The van der Waals surface area contributed by atoms with Crippen molar-refractivity contribution < 1.29 is 15.0 Å². The van der Waals surface area contributed by atoms with Gasteiger partial charge in [0.2, 0.25) is 0 Å². The molecule has 1 fully saturated rings. The van der Waals surface area contributed by atoms with Gasteiger partial charge in [0.1, 0.15) is 0 Å². The van der Waals surface area contributed by atoms with Crippen molar-refractivity contribution in [3.63, 3.8) is 0 Å². The van der Waals surface area contributed by atoms with Gasteiger partial charge in [-0.2, -0.15) is 0 Å². The quantitative estimate of drug-likeness (QED) is 0.668. The average molecular weight is 214 g/mol. The van der Waals surface area contributed by atoms with Crippen LogP contribution in [-0.2, 0) is 4.79 Å². The van der Waals surface area contributed by atoms with E-state index in [-0.39, 0.29) is 5.92 Å². The Bertz CT molecular complexity index is 183. The van der Waals surface area contributed by atoms with Gasteiger partial charge >= 0.3 is 5.97 Å². The molecule has 1 rings (SSSR count). The molecule has 1 aliphatic carbocycles. The summed E-state index contributed by atoms with van der Waals surface area (Å²) in [5, 5.41) is 17.5. The van der Waals surface area contributed by atoms with E-state index in [1.54, 1.807) is 0 Å². The van der Waals surface area contributed by atoms with Gasteiger partial charge in [-0.1, -0.05) is 19.3 Å². The maximum atomic E-state index is 10.7. The third-order valence-electron chi connectivity index (χ3n) is 3.47. The van der Waals surface area contributed by atoms with Gasteiger partial charge in [-0.25, -0.2) is 0 Å². The predicted octanol–water partition coefficient (Wildman–Crippen LogP) is 2.43. The van der Waals surface area contributed by atoms with Gasteiger partial charge in [-0.15, -0.1) is 0 Å². The number of unbranched alkanes of at least 4 members (excludes halogenated alkanes) is 2. The molecule has 3 heteroatoms. The standard InChI is InChI=1S/C12H22O3/c13-9-3-1-2-4-10-5-7-11(8-6-10)12(14)15/h10-11,13H,1-9H2,(H,14,15). The summed E-state index contributed by atoms with van der Waals surface area (Å²) in [7, 11) is 0. The Morgan fingerprint density at radius 3 is 2.27 bits per heavy atom. The minimum absolute atomic E-state index is 0.0845. The molecule has 15 heavy (non-hydrogen) atoms. The van der Waals surface area contributed by atoms with Crippen LogP contribution < -0.4 is 0 Å². The Kier molecular flexibility index (Phi) is 5.69. The molecule has 0 heterocycles. The van der Waals surface area contributed by atoms with Crippen molar-refractivity contribution >= 4 is 5.97 Å². The zero-order chi connectivity index (χ0) is 11.1. The summed E-state index contributed by atoms with van der Waals surface area (Å²) in [6.07, 6.45) is 8.29. The molecule has 1 saturated carbocycles. The van der Waals surface area contributed by atoms with Gasteiger partial charge in [-0.3, -0.25) is 4.79 Å². The highest BCUT2D eigenvalue weighted by atomic mass is 16.4. The van der Waals surface area contributed by atoms with E-state index in [1.165, 1.54) is 12.8 Å². The third kappa shape index (κ3) is 4.65. The molecule has 3 nitrogen and oxygen atoms in total. The fourth-order valence-electron chi connectivity index (χ4n) is 2.42. The maximum absolute atomic E-state index is 10.7. The highest BCUT2D eigenvalue weighted by Crippen LogP contribution is 2.31. The number of aliphatic carboxylic acids is 1. The summed E-state index contributed by atoms with van der Waals surface area (Å²) in [6, 6.07) is 0. The van der Waals surface area contributed by atoms with Crippen molar-refractivity contribution in [2.75, 3.05) is 6.61 Å². The van der Waals surface area contributed by atoms with Crippen LogP contribution in [0.5, 0.6) is 0 Å². The number of hydrogen-bond acceptors (Lipinski definition) is 2. The van der Waals surface area contributed by atoms with Gasteiger partial charge in [0.15, 0.2) is 0 Å². The first-order valence-corrected chi connectivity index (χ1v) is 6.07. The van der Waals surface area contributed by atoms with E-state index in [2.05, 4.69) is 0 Å². The fourth-order valence-corrected chi connectivity index (χ4v) is 2.42. The van der Waals surface area contributed by atoms with Crippen molar-refractivity contribution in [1.82, 2.24) is 0 Å². The Morgan fingerprint density at radius 2 is 1.73 bits per heavy atom. The molecule has 0 unspecified atom stereocenters. The lowest BCUT2D eigenvalue weighted by Gasteiger charge is -2.25. The lowest BCUT2D eigenvalue weighted by atomic mass is 9.80. The molecule has 0 bridgehead atoms. The molecule has 0 amide bonds. The number of carboxylic acids is 1. The lowest BCUT2D eigenvalue weighted by molar-refractivity contribution is -0.143. The van der Waals surface area contributed by atoms with Gasteiger partial charge in [-0.05, 0) is 38.0 Å². The van der Waals surface area contributed by atoms with Crippen LogP contribution in [0.1, 0.15) is 51.4 Å². The number of carboxylic acid groups (broad SMARTS) is 1. The Morgan fingerprint density at radius 1 is 1.07 bits per heavy atom. The van der Waals surface area contributed by atoms with E-state index in [9.17, 15) is 4.79 Å². The van der Waals surface area contributed by atoms with E-state index in [0.29, 0.717) is 6.61 Å². The van der Waals surface area contributed by atoms with Gasteiger partial charge in [0, 0.05) is 6.61 Å². The molecule has 0 saturated heterocycles. The zero-order valence-electron chi connectivity index (χ0n) is 9.32. The van der Waals surface area contributed by atoms with Crippen LogP contribution in [0.2, 0.25) is 0 Å². The first-order chi connectivity index (χ1) is 7.24. The van der Waals surface area contributed by atoms with Crippen molar-refractivity contribution in [2.24, 2.45) is 11.8 Å². The Hall–Kier alpha value is -0.570. The second kappa shape index (κ2) is 6.83. The molecule has 0 aromatic heterocycles. The van der Waals surface area contributed by atoms with Gasteiger partial charge < -0.3 is 10.2 Å². The molecular weight excluding hydrogens is 192 g/mol. The van der Waals surface area contributed by atoms with Crippen molar-refractivity contribution in [2.45, 2.75) is 51.4 Å². The molecular formula is C12H22O3. The van der Waals surface area contributed by atoms with E-state index in [4.69, 9.17) is 10.2 Å². The van der Waals surface area contributed by atoms with E-state index in [0.717, 1.165) is 44.4 Å². The topological polar surface area (TPSA) is 57.5 Å². The molecule has 0 aromatic rings. The highest BCUT2D eigenvalue weighted by molar-refractivity contribution is 5.69.